The maximum atomic E-state index is 6.06. The average Bonchev–Trinajstić information content (AvgIpc) is 2.35. The summed E-state index contributed by atoms with van der Waals surface area (Å²) < 4.78 is 10.4. The van der Waals surface area contributed by atoms with Gasteiger partial charge in [-0.15, -0.1) is 0 Å². The number of hydrogen-bond acceptors (Lipinski definition) is 4. The molecule has 4 nitrogen and oxygen atoms in total. The number of rotatable bonds is 8. The summed E-state index contributed by atoms with van der Waals surface area (Å²) in [6, 6.07) is 2.17. The number of likely N-dealkylation sites (N-methyl/N-ethyl adjacent to an activating group) is 1. The van der Waals surface area contributed by atoms with Gasteiger partial charge in [0.2, 0.25) is 0 Å². The van der Waals surface area contributed by atoms with Crippen molar-refractivity contribution >= 4 is 11.6 Å². The van der Waals surface area contributed by atoms with Gasteiger partial charge < -0.3 is 14.8 Å². The van der Waals surface area contributed by atoms with Gasteiger partial charge in [0.05, 0.1) is 24.8 Å². The third-order valence-corrected chi connectivity index (χ3v) is 2.82. The van der Waals surface area contributed by atoms with Crippen LogP contribution in [0, 0.1) is 0 Å². The van der Waals surface area contributed by atoms with E-state index >= 15 is 0 Å². The lowest BCUT2D eigenvalue weighted by atomic mass is 10.1. The van der Waals surface area contributed by atoms with E-state index in [1.807, 2.05) is 13.1 Å². The molecule has 0 saturated carbocycles. The first-order valence-electron chi connectivity index (χ1n) is 5.60. The number of ether oxygens (including phenoxy) is 2. The van der Waals surface area contributed by atoms with Crippen molar-refractivity contribution in [2.75, 3.05) is 34.0 Å². The fraction of sp³-hybridized carbons (Fsp3) is 0.583. The lowest BCUT2D eigenvalue weighted by Gasteiger charge is -2.16. The number of nitrogens with zero attached hydrogens (tertiary/aromatic N) is 1. The monoisotopic (exact) mass is 258 g/mol. The number of methoxy groups -OCH3 is 1. The van der Waals surface area contributed by atoms with Gasteiger partial charge in [0.25, 0.3) is 0 Å². The van der Waals surface area contributed by atoms with E-state index in [0.717, 1.165) is 12.0 Å². The van der Waals surface area contributed by atoms with Crippen LogP contribution in [0.5, 0.6) is 0 Å². The molecule has 1 unspecified atom stereocenters. The van der Waals surface area contributed by atoms with Gasteiger partial charge in [0.15, 0.2) is 0 Å². The summed E-state index contributed by atoms with van der Waals surface area (Å²) in [6.45, 7) is 1.86. The highest BCUT2D eigenvalue weighted by Gasteiger charge is 2.09. The number of halogens is 1. The molecule has 96 valence electrons. The lowest BCUT2D eigenvalue weighted by molar-refractivity contribution is 0.0598. The van der Waals surface area contributed by atoms with Crippen molar-refractivity contribution in [3.8, 4) is 0 Å². The number of aromatic nitrogens is 1. The minimum atomic E-state index is 0.242. The molecule has 1 rings (SSSR count). The van der Waals surface area contributed by atoms with Crippen molar-refractivity contribution in [1.29, 1.82) is 0 Å². The second-order valence-electron chi connectivity index (χ2n) is 3.72. The van der Waals surface area contributed by atoms with Gasteiger partial charge in [-0.1, -0.05) is 11.6 Å². The Morgan fingerprint density at radius 2 is 2.29 bits per heavy atom. The molecular weight excluding hydrogens is 240 g/mol. The Labute approximate surface area is 107 Å². The van der Waals surface area contributed by atoms with E-state index in [4.69, 9.17) is 21.1 Å². The van der Waals surface area contributed by atoms with Crippen LogP contribution in [-0.2, 0) is 15.9 Å². The zero-order valence-electron chi connectivity index (χ0n) is 10.3. The minimum absolute atomic E-state index is 0.242. The van der Waals surface area contributed by atoms with Crippen LogP contribution in [0.4, 0.5) is 0 Å². The molecule has 1 N–H and O–H groups in total. The molecule has 0 aliphatic heterocycles. The van der Waals surface area contributed by atoms with Crippen molar-refractivity contribution in [2.24, 2.45) is 0 Å². The molecule has 5 heteroatoms. The van der Waals surface area contributed by atoms with E-state index in [1.54, 1.807) is 19.5 Å². The molecule has 17 heavy (non-hydrogen) atoms. The molecule has 0 saturated heterocycles. The third kappa shape index (κ3) is 5.46. The van der Waals surface area contributed by atoms with E-state index < -0.39 is 0 Å². The largest absolute Gasteiger partial charge is 0.382 e. The van der Waals surface area contributed by atoms with Gasteiger partial charge in [0.1, 0.15) is 0 Å². The first-order valence-corrected chi connectivity index (χ1v) is 5.98. The summed E-state index contributed by atoms with van der Waals surface area (Å²) in [5.41, 5.74) is 1.08. The Bertz CT molecular complexity index is 323. The van der Waals surface area contributed by atoms with Crippen LogP contribution in [0.15, 0.2) is 18.5 Å². The summed E-state index contributed by atoms with van der Waals surface area (Å²) in [4.78, 5) is 3.96. The Morgan fingerprint density at radius 3 is 2.94 bits per heavy atom. The molecule has 1 aromatic heterocycles. The zero-order valence-corrected chi connectivity index (χ0v) is 11.0. The van der Waals surface area contributed by atoms with E-state index in [9.17, 15) is 0 Å². The van der Waals surface area contributed by atoms with Crippen LogP contribution in [0.1, 0.15) is 5.56 Å². The Hall–Kier alpha value is -0.680. The summed E-state index contributed by atoms with van der Waals surface area (Å²) in [7, 11) is 3.58. The summed E-state index contributed by atoms with van der Waals surface area (Å²) in [5.74, 6) is 0. The third-order valence-electron chi connectivity index (χ3n) is 2.48. The second-order valence-corrected chi connectivity index (χ2v) is 4.13. The Kier molecular flexibility index (Phi) is 7.12. The predicted molar refractivity (Wildman–Crippen MR) is 68.5 cm³/mol. The fourth-order valence-corrected chi connectivity index (χ4v) is 1.64. The van der Waals surface area contributed by atoms with Crippen LogP contribution in [0.2, 0.25) is 5.02 Å². The van der Waals surface area contributed by atoms with Crippen molar-refractivity contribution in [3.63, 3.8) is 0 Å². The smallest absolute Gasteiger partial charge is 0.0701 e. The second kappa shape index (κ2) is 8.42. The predicted octanol–water partition coefficient (Wildman–Crippen LogP) is 1.53. The molecule has 0 aliphatic rings. The highest BCUT2D eigenvalue weighted by Crippen LogP contribution is 2.15. The number of nitrogens with one attached hydrogen (secondary N) is 1. The molecule has 0 radical (unpaired) electrons. The maximum Gasteiger partial charge on any atom is 0.0701 e. The lowest BCUT2D eigenvalue weighted by Crippen LogP contribution is -2.33. The van der Waals surface area contributed by atoms with Gasteiger partial charge in [-0.25, -0.2) is 0 Å². The first kappa shape index (κ1) is 14.4. The van der Waals surface area contributed by atoms with Gasteiger partial charge in [-0.3, -0.25) is 4.98 Å². The normalized spacial score (nSPS) is 12.6. The molecule has 0 amide bonds. The highest BCUT2D eigenvalue weighted by molar-refractivity contribution is 6.31. The van der Waals surface area contributed by atoms with Crippen LogP contribution in [-0.4, -0.2) is 45.0 Å². The van der Waals surface area contributed by atoms with Crippen molar-refractivity contribution < 1.29 is 9.47 Å². The van der Waals surface area contributed by atoms with E-state index in [0.29, 0.717) is 24.8 Å². The molecule has 1 aromatic rings. The summed E-state index contributed by atoms with van der Waals surface area (Å²) in [6.07, 6.45) is 4.24. The van der Waals surface area contributed by atoms with Gasteiger partial charge in [-0.05, 0) is 25.1 Å². The Morgan fingerprint density at radius 1 is 1.47 bits per heavy atom. The molecule has 1 atom stereocenters. The first-order chi connectivity index (χ1) is 8.27. The molecular formula is C12H19ClN2O2. The number of hydrogen-bond donors (Lipinski definition) is 1. The molecule has 0 aliphatic carbocycles. The standard InChI is InChI=1S/C12H19ClN2O2/c1-14-11(9-17-6-5-16-2)7-10-3-4-15-8-12(10)13/h3-4,8,11,14H,5-7,9H2,1-2H3. The minimum Gasteiger partial charge on any atom is -0.382 e. The SMILES string of the molecule is CNC(COCCOC)Cc1ccncc1Cl. The average molecular weight is 259 g/mol. The van der Waals surface area contributed by atoms with Gasteiger partial charge >= 0.3 is 0 Å². The number of pyridine rings is 1. The van der Waals surface area contributed by atoms with Crippen molar-refractivity contribution in [1.82, 2.24) is 10.3 Å². The van der Waals surface area contributed by atoms with Crippen LogP contribution < -0.4 is 5.32 Å². The van der Waals surface area contributed by atoms with Crippen molar-refractivity contribution in [2.45, 2.75) is 12.5 Å². The molecule has 0 spiro atoms. The quantitative estimate of drug-likeness (QED) is 0.719. The van der Waals surface area contributed by atoms with E-state index in [1.165, 1.54) is 0 Å². The highest BCUT2D eigenvalue weighted by atomic mass is 35.5. The molecule has 0 fully saturated rings. The van der Waals surface area contributed by atoms with Gasteiger partial charge in [0, 0.05) is 25.5 Å². The van der Waals surface area contributed by atoms with Crippen molar-refractivity contribution in [3.05, 3.63) is 29.0 Å². The van der Waals surface area contributed by atoms with Crippen LogP contribution >= 0.6 is 11.6 Å². The topological polar surface area (TPSA) is 43.4 Å². The summed E-state index contributed by atoms with van der Waals surface area (Å²) >= 11 is 6.06. The summed E-state index contributed by atoms with van der Waals surface area (Å²) in [5, 5.41) is 3.91. The Balaban J connectivity index is 2.38. The maximum absolute atomic E-state index is 6.06. The molecule has 0 aromatic carbocycles. The molecule has 1 heterocycles. The molecule has 0 bridgehead atoms. The van der Waals surface area contributed by atoms with E-state index in [2.05, 4.69) is 10.3 Å². The van der Waals surface area contributed by atoms with E-state index in [-0.39, 0.29) is 6.04 Å². The zero-order chi connectivity index (χ0) is 12.5. The van der Waals surface area contributed by atoms with Crippen LogP contribution in [0.25, 0.3) is 0 Å². The van der Waals surface area contributed by atoms with Gasteiger partial charge in [-0.2, -0.15) is 0 Å². The van der Waals surface area contributed by atoms with Crippen LogP contribution in [0.3, 0.4) is 0 Å². The fourth-order valence-electron chi connectivity index (χ4n) is 1.45.